The van der Waals surface area contributed by atoms with Crippen LogP contribution in [0.3, 0.4) is 0 Å². The van der Waals surface area contributed by atoms with Crippen LogP contribution in [-0.4, -0.2) is 39.8 Å². The van der Waals surface area contributed by atoms with Gasteiger partial charge in [-0.2, -0.15) is 4.98 Å². The number of benzene rings is 1. The van der Waals surface area contributed by atoms with Crippen molar-refractivity contribution in [3.63, 3.8) is 0 Å². The molecule has 0 amide bonds. The smallest absolute Gasteiger partial charge is 0.355 e. The van der Waals surface area contributed by atoms with E-state index >= 15 is 0 Å². The molecule has 3 N–H and O–H groups in total. The molecular weight excluding hydrogens is 282 g/mol. The minimum absolute atomic E-state index is 0.0410. The number of hydrogen-bond donors (Lipinski definition) is 2. The summed E-state index contributed by atoms with van der Waals surface area (Å²) in [5.41, 5.74) is 8.40. The zero-order chi connectivity index (χ0) is 15.9. The van der Waals surface area contributed by atoms with Crippen LogP contribution in [0.15, 0.2) is 36.4 Å². The molecule has 2 aromatic heterocycles. The lowest BCUT2D eigenvalue weighted by molar-refractivity contribution is 0.0688. The van der Waals surface area contributed by atoms with E-state index in [1.807, 2.05) is 43.3 Å². The molecule has 0 saturated heterocycles. The number of nitrogens with zero attached hydrogens (tertiary/aromatic N) is 4. The van der Waals surface area contributed by atoms with Crippen LogP contribution in [0.1, 0.15) is 10.5 Å². The van der Waals surface area contributed by atoms with Gasteiger partial charge in [-0.15, -0.1) is 5.10 Å². The van der Waals surface area contributed by atoms with E-state index < -0.39 is 5.97 Å². The number of aromatic carboxylic acids is 1. The molecule has 0 aliphatic rings. The van der Waals surface area contributed by atoms with Crippen LogP contribution in [0.5, 0.6) is 0 Å². The molecule has 0 unspecified atom stereocenters. The fourth-order valence-corrected chi connectivity index (χ4v) is 2.34. The van der Waals surface area contributed by atoms with Crippen molar-refractivity contribution < 1.29 is 9.90 Å². The van der Waals surface area contributed by atoms with E-state index in [2.05, 4.69) is 10.1 Å². The van der Waals surface area contributed by atoms with Gasteiger partial charge in [-0.05, 0) is 29.8 Å². The number of carbonyl (C=O) groups is 1. The number of carboxylic acid groups (broad SMARTS) is 1. The third kappa shape index (κ3) is 2.22. The number of anilines is 2. The molecule has 112 valence electrons. The summed E-state index contributed by atoms with van der Waals surface area (Å²) in [5.74, 6) is -1.04. The highest BCUT2D eigenvalue weighted by molar-refractivity contribution is 5.95. The summed E-state index contributed by atoms with van der Waals surface area (Å²) in [6, 6.07) is 11.0. The second-order valence-electron chi connectivity index (χ2n) is 5.08. The maximum atomic E-state index is 11.7. The summed E-state index contributed by atoms with van der Waals surface area (Å²) in [6.07, 6.45) is 0. The molecule has 1 aromatic carbocycles. The molecule has 0 aliphatic carbocycles. The number of hydrogen-bond acceptors (Lipinski definition) is 5. The van der Waals surface area contributed by atoms with Crippen LogP contribution in [0.25, 0.3) is 16.8 Å². The topological polar surface area (TPSA) is 96.8 Å². The third-order valence-corrected chi connectivity index (χ3v) is 3.41. The van der Waals surface area contributed by atoms with E-state index in [9.17, 15) is 9.90 Å². The normalized spacial score (nSPS) is 10.8. The highest BCUT2D eigenvalue weighted by Gasteiger charge is 2.18. The number of rotatable bonds is 3. The van der Waals surface area contributed by atoms with E-state index in [4.69, 9.17) is 5.73 Å². The third-order valence-electron chi connectivity index (χ3n) is 3.41. The number of nitrogens with two attached hydrogens (primary N) is 1. The van der Waals surface area contributed by atoms with Crippen molar-refractivity contribution in [2.45, 2.75) is 0 Å². The van der Waals surface area contributed by atoms with Gasteiger partial charge < -0.3 is 15.7 Å². The summed E-state index contributed by atoms with van der Waals surface area (Å²) in [4.78, 5) is 17.6. The fraction of sp³-hybridized carbons (Fsp3) is 0.133. The fourth-order valence-electron chi connectivity index (χ4n) is 2.34. The number of pyridine rings is 1. The molecule has 3 aromatic rings. The first-order chi connectivity index (χ1) is 10.5. The van der Waals surface area contributed by atoms with Crippen molar-refractivity contribution in [3.05, 3.63) is 42.1 Å². The first-order valence-electron chi connectivity index (χ1n) is 6.63. The average Bonchev–Trinajstić information content (AvgIpc) is 2.86. The van der Waals surface area contributed by atoms with Gasteiger partial charge in [0.25, 0.3) is 0 Å². The molecule has 7 nitrogen and oxygen atoms in total. The van der Waals surface area contributed by atoms with Crippen molar-refractivity contribution in [2.75, 3.05) is 24.7 Å². The molecule has 0 aliphatic heterocycles. The SMILES string of the molecule is CN(C)c1ccc(-c2ccc3nc(N)nn3c2C(=O)O)cc1. The minimum atomic E-state index is -1.08. The number of nitrogen functional groups attached to an aromatic ring is 1. The van der Waals surface area contributed by atoms with Gasteiger partial charge in [-0.25, -0.2) is 9.31 Å². The Labute approximate surface area is 126 Å². The van der Waals surface area contributed by atoms with Crippen LogP contribution in [0.4, 0.5) is 11.6 Å². The number of fused-ring (bicyclic) bond motifs is 1. The summed E-state index contributed by atoms with van der Waals surface area (Å²) in [7, 11) is 3.89. The van der Waals surface area contributed by atoms with Crippen molar-refractivity contribution in [1.82, 2.24) is 14.6 Å². The van der Waals surface area contributed by atoms with Gasteiger partial charge in [0.2, 0.25) is 5.95 Å². The molecule has 7 heteroatoms. The van der Waals surface area contributed by atoms with Crippen LogP contribution >= 0.6 is 0 Å². The zero-order valence-corrected chi connectivity index (χ0v) is 12.2. The van der Waals surface area contributed by atoms with E-state index in [0.29, 0.717) is 11.2 Å². The van der Waals surface area contributed by atoms with Crippen molar-refractivity contribution in [2.24, 2.45) is 0 Å². The standard InChI is InChI=1S/C15H15N5O2/c1-19(2)10-5-3-9(4-6-10)11-7-8-12-17-15(16)18-20(12)13(11)14(21)22/h3-8H,1-2H3,(H2,16,18)(H,21,22). The van der Waals surface area contributed by atoms with E-state index in [-0.39, 0.29) is 11.6 Å². The predicted octanol–water partition coefficient (Wildman–Crippen LogP) is 1.74. The van der Waals surface area contributed by atoms with Crippen molar-refractivity contribution in [1.29, 1.82) is 0 Å². The highest BCUT2D eigenvalue weighted by atomic mass is 16.4. The van der Waals surface area contributed by atoms with E-state index in [1.165, 1.54) is 4.52 Å². The Morgan fingerprint density at radius 3 is 2.45 bits per heavy atom. The maximum Gasteiger partial charge on any atom is 0.355 e. The second kappa shape index (κ2) is 5.03. The number of carboxylic acids is 1. The summed E-state index contributed by atoms with van der Waals surface area (Å²) >= 11 is 0. The lowest BCUT2D eigenvalue weighted by Crippen LogP contribution is -2.10. The lowest BCUT2D eigenvalue weighted by Gasteiger charge is -2.13. The summed E-state index contributed by atoms with van der Waals surface area (Å²) in [5, 5.41) is 13.5. The average molecular weight is 297 g/mol. The van der Waals surface area contributed by atoms with Crippen molar-refractivity contribution >= 4 is 23.3 Å². The Bertz CT molecular complexity index is 852. The lowest BCUT2D eigenvalue weighted by atomic mass is 10.0. The van der Waals surface area contributed by atoms with Crippen LogP contribution in [0.2, 0.25) is 0 Å². The molecule has 0 fully saturated rings. The van der Waals surface area contributed by atoms with Gasteiger partial charge in [0.05, 0.1) is 0 Å². The molecule has 0 bridgehead atoms. The molecule has 22 heavy (non-hydrogen) atoms. The predicted molar refractivity (Wildman–Crippen MR) is 84.1 cm³/mol. The number of aromatic nitrogens is 3. The van der Waals surface area contributed by atoms with Gasteiger partial charge in [-0.1, -0.05) is 12.1 Å². The maximum absolute atomic E-state index is 11.7. The van der Waals surface area contributed by atoms with Crippen LogP contribution < -0.4 is 10.6 Å². The Balaban J connectivity index is 2.21. The Morgan fingerprint density at radius 2 is 1.86 bits per heavy atom. The first-order valence-corrected chi connectivity index (χ1v) is 6.63. The Morgan fingerprint density at radius 1 is 1.18 bits per heavy atom. The summed E-state index contributed by atoms with van der Waals surface area (Å²) in [6.45, 7) is 0. The Kier molecular flexibility index (Phi) is 3.17. The van der Waals surface area contributed by atoms with Gasteiger partial charge in [0, 0.05) is 25.3 Å². The molecule has 3 rings (SSSR count). The molecular formula is C15H15N5O2. The minimum Gasteiger partial charge on any atom is -0.476 e. The second-order valence-corrected chi connectivity index (χ2v) is 5.08. The first kappa shape index (κ1) is 13.9. The van der Waals surface area contributed by atoms with E-state index in [1.54, 1.807) is 12.1 Å². The summed E-state index contributed by atoms with van der Waals surface area (Å²) < 4.78 is 1.26. The molecule has 0 saturated carbocycles. The zero-order valence-electron chi connectivity index (χ0n) is 12.2. The van der Waals surface area contributed by atoms with Gasteiger partial charge in [0.1, 0.15) is 0 Å². The molecule has 0 atom stereocenters. The highest BCUT2D eigenvalue weighted by Crippen LogP contribution is 2.26. The van der Waals surface area contributed by atoms with Gasteiger partial charge in [-0.3, -0.25) is 0 Å². The molecule has 0 radical (unpaired) electrons. The molecule has 2 heterocycles. The molecule has 0 spiro atoms. The quantitative estimate of drug-likeness (QED) is 0.764. The van der Waals surface area contributed by atoms with Crippen LogP contribution in [-0.2, 0) is 0 Å². The van der Waals surface area contributed by atoms with E-state index in [0.717, 1.165) is 11.3 Å². The van der Waals surface area contributed by atoms with Gasteiger partial charge >= 0.3 is 5.97 Å². The van der Waals surface area contributed by atoms with Gasteiger partial charge in [0.15, 0.2) is 11.3 Å². The van der Waals surface area contributed by atoms with Crippen molar-refractivity contribution in [3.8, 4) is 11.1 Å². The van der Waals surface area contributed by atoms with Crippen LogP contribution in [0, 0.1) is 0 Å². The largest absolute Gasteiger partial charge is 0.476 e. The monoisotopic (exact) mass is 297 g/mol. The Hall–Kier alpha value is -3.09.